The number of carbonyl (C=O) groups excluding carboxylic acids is 1. The van der Waals surface area contributed by atoms with Gasteiger partial charge >= 0.3 is 0 Å². The molecule has 0 aromatic heterocycles. The number of ether oxygens (including phenoxy) is 2. The Balaban J connectivity index is 1.21. The molecule has 2 fully saturated rings. The minimum Gasteiger partial charge on any atom is -0.494 e. The van der Waals surface area contributed by atoms with Crippen LogP contribution in [-0.4, -0.2) is 64.2 Å². The van der Waals surface area contributed by atoms with Gasteiger partial charge in [-0.3, -0.25) is 9.69 Å². The highest BCUT2D eigenvalue weighted by molar-refractivity contribution is 8.07. The average molecular weight is 538 g/mol. The number of ketones is 1. The van der Waals surface area contributed by atoms with Crippen molar-refractivity contribution < 1.29 is 18.7 Å². The van der Waals surface area contributed by atoms with Crippen LogP contribution in [0.1, 0.15) is 41.1 Å². The Hall–Kier alpha value is -2.81. The fourth-order valence-electron chi connectivity index (χ4n) is 5.51. The van der Waals surface area contributed by atoms with E-state index in [1.165, 1.54) is 47.2 Å². The number of carbonyl (C=O) groups is 1. The van der Waals surface area contributed by atoms with Crippen LogP contribution in [0.2, 0.25) is 0 Å². The normalized spacial score (nSPS) is 22.2. The first-order chi connectivity index (χ1) is 18.5. The molecule has 38 heavy (non-hydrogen) atoms. The van der Waals surface area contributed by atoms with Gasteiger partial charge in [0.2, 0.25) is 5.78 Å². The van der Waals surface area contributed by atoms with Gasteiger partial charge in [0.15, 0.2) is 11.6 Å². The van der Waals surface area contributed by atoms with Crippen molar-refractivity contribution in [2.75, 3.05) is 58.5 Å². The molecular formula is C30H36FN3O3S. The maximum atomic E-state index is 14.2. The Labute approximate surface area is 228 Å². The van der Waals surface area contributed by atoms with Crippen molar-refractivity contribution in [3.8, 4) is 5.75 Å². The molecule has 5 rings (SSSR count). The summed E-state index contributed by atoms with van der Waals surface area (Å²) < 4.78 is 24.4. The van der Waals surface area contributed by atoms with Crippen LogP contribution < -0.4 is 15.4 Å². The molecule has 0 spiro atoms. The van der Waals surface area contributed by atoms with Crippen molar-refractivity contribution in [3.63, 3.8) is 0 Å². The van der Waals surface area contributed by atoms with Crippen LogP contribution in [0.25, 0.3) is 0 Å². The van der Waals surface area contributed by atoms with Crippen molar-refractivity contribution in [3.05, 3.63) is 81.0 Å². The fraction of sp³-hybridized carbons (Fsp3) is 0.433. The molecule has 6 nitrogen and oxygen atoms in total. The van der Waals surface area contributed by atoms with Crippen LogP contribution in [0.15, 0.2) is 64.0 Å². The van der Waals surface area contributed by atoms with Crippen molar-refractivity contribution in [1.29, 1.82) is 0 Å². The largest absolute Gasteiger partial charge is 0.494 e. The number of Topliss-reactive ketones (excluding diaryl/α,β-unsaturated/α-hetero) is 1. The summed E-state index contributed by atoms with van der Waals surface area (Å²) in [5.74, 6) is 0.140. The standard InChI is InChI=1S/C30H36FN3O3S/c1-36-18-17-33-13-15-34(16-14-33)22-6-3-20(4-7-22)23-8-9-24(23)28-12-10-26(32)30(38-28)29(35)21-5-11-27(37-2)25(31)19-21/h3-7,11-12,19,23-24H,8-10,13-18,32H2,1-2H3. The predicted molar refractivity (Wildman–Crippen MR) is 151 cm³/mol. The van der Waals surface area contributed by atoms with Gasteiger partial charge < -0.3 is 20.1 Å². The molecule has 1 saturated heterocycles. The lowest BCUT2D eigenvalue weighted by Gasteiger charge is -2.40. The molecule has 2 aliphatic heterocycles. The van der Waals surface area contributed by atoms with E-state index in [2.05, 4.69) is 40.1 Å². The molecule has 2 heterocycles. The molecule has 0 radical (unpaired) electrons. The van der Waals surface area contributed by atoms with Gasteiger partial charge in [-0.1, -0.05) is 30.0 Å². The summed E-state index contributed by atoms with van der Waals surface area (Å²) in [5, 5.41) is 0. The summed E-state index contributed by atoms with van der Waals surface area (Å²) in [6.07, 6.45) is 4.93. The van der Waals surface area contributed by atoms with E-state index < -0.39 is 5.82 Å². The molecule has 8 heteroatoms. The summed E-state index contributed by atoms with van der Waals surface area (Å²) in [4.78, 5) is 19.9. The zero-order chi connectivity index (χ0) is 26.6. The first-order valence-electron chi connectivity index (χ1n) is 13.3. The molecule has 2 atom stereocenters. The van der Waals surface area contributed by atoms with Crippen molar-refractivity contribution in [2.45, 2.75) is 25.2 Å². The number of halogens is 1. The van der Waals surface area contributed by atoms with Crippen LogP contribution >= 0.6 is 11.8 Å². The SMILES string of the molecule is COCCN1CCN(c2ccc(C3CCC3C3=CCC(N)=C(C(=O)c4ccc(OC)c(F)c4)S3)cc2)CC1. The van der Waals surface area contributed by atoms with Crippen molar-refractivity contribution >= 4 is 23.2 Å². The summed E-state index contributed by atoms with van der Waals surface area (Å²) in [7, 11) is 3.16. The van der Waals surface area contributed by atoms with E-state index in [-0.39, 0.29) is 17.1 Å². The number of allylic oxidation sites excluding steroid dienone is 3. The maximum Gasteiger partial charge on any atom is 0.201 e. The molecule has 1 saturated carbocycles. The Bertz CT molecular complexity index is 1220. The molecular weight excluding hydrogens is 501 g/mol. The highest BCUT2D eigenvalue weighted by atomic mass is 32.2. The maximum absolute atomic E-state index is 14.2. The smallest absolute Gasteiger partial charge is 0.201 e. The summed E-state index contributed by atoms with van der Waals surface area (Å²) >= 11 is 1.46. The number of methoxy groups -OCH3 is 2. The molecule has 202 valence electrons. The Morgan fingerprint density at radius 2 is 1.79 bits per heavy atom. The van der Waals surface area contributed by atoms with Crippen LogP contribution in [0.3, 0.4) is 0 Å². The van der Waals surface area contributed by atoms with E-state index >= 15 is 0 Å². The zero-order valence-electron chi connectivity index (χ0n) is 22.1. The number of benzene rings is 2. The van der Waals surface area contributed by atoms with Gasteiger partial charge in [0, 0.05) is 63.2 Å². The average Bonchev–Trinajstić information content (AvgIpc) is 2.92. The van der Waals surface area contributed by atoms with E-state index in [9.17, 15) is 9.18 Å². The molecule has 2 unspecified atom stereocenters. The first-order valence-corrected chi connectivity index (χ1v) is 14.1. The number of nitrogens with zero attached hydrogens (tertiary/aromatic N) is 2. The quantitative estimate of drug-likeness (QED) is 0.443. The monoisotopic (exact) mass is 537 g/mol. The highest BCUT2D eigenvalue weighted by Crippen LogP contribution is 2.53. The fourth-order valence-corrected chi connectivity index (χ4v) is 6.77. The van der Waals surface area contributed by atoms with Crippen LogP contribution in [0, 0.1) is 11.7 Å². The molecule has 1 aliphatic carbocycles. The van der Waals surface area contributed by atoms with Gasteiger partial charge in [0.05, 0.1) is 18.6 Å². The van der Waals surface area contributed by atoms with E-state index in [0.29, 0.717) is 28.9 Å². The van der Waals surface area contributed by atoms with Gasteiger partial charge in [0.1, 0.15) is 0 Å². The first kappa shape index (κ1) is 26.8. The third-order valence-electron chi connectivity index (χ3n) is 7.97. The lowest BCUT2D eigenvalue weighted by molar-refractivity contribution is 0.104. The third-order valence-corrected chi connectivity index (χ3v) is 9.32. The lowest BCUT2D eigenvalue weighted by Crippen LogP contribution is -2.47. The number of hydrogen-bond acceptors (Lipinski definition) is 7. The number of hydrogen-bond donors (Lipinski definition) is 1. The van der Waals surface area contributed by atoms with E-state index in [1.807, 2.05) is 0 Å². The number of thioether (sulfide) groups is 1. The van der Waals surface area contributed by atoms with E-state index in [4.69, 9.17) is 15.2 Å². The van der Waals surface area contributed by atoms with Crippen LogP contribution in [0.4, 0.5) is 10.1 Å². The summed E-state index contributed by atoms with van der Waals surface area (Å²) in [6, 6.07) is 13.4. The molecule has 2 aromatic carbocycles. The highest BCUT2D eigenvalue weighted by Gasteiger charge is 2.37. The molecule has 2 aromatic rings. The second-order valence-electron chi connectivity index (χ2n) is 10.1. The van der Waals surface area contributed by atoms with Crippen LogP contribution in [0.5, 0.6) is 5.75 Å². The molecule has 0 bridgehead atoms. The number of rotatable bonds is 9. The summed E-state index contributed by atoms with van der Waals surface area (Å²) in [5.41, 5.74) is 9.71. The molecule has 0 amide bonds. The number of nitrogens with two attached hydrogens (primary N) is 1. The predicted octanol–water partition coefficient (Wildman–Crippen LogP) is 5.17. The molecule has 3 aliphatic rings. The second-order valence-corrected chi connectivity index (χ2v) is 11.2. The van der Waals surface area contributed by atoms with Gasteiger partial charge in [-0.2, -0.15) is 0 Å². The van der Waals surface area contributed by atoms with Crippen molar-refractivity contribution in [2.24, 2.45) is 11.7 Å². The lowest BCUT2D eigenvalue weighted by atomic mass is 9.69. The van der Waals surface area contributed by atoms with Gasteiger partial charge in [-0.05, 0) is 65.5 Å². The Morgan fingerprint density at radius 3 is 2.42 bits per heavy atom. The second kappa shape index (κ2) is 11.9. The minimum atomic E-state index is -0.551. The summed E-state index contributed by atoms with van der Waals surface area (Å²) in [6.45, 7) is 5.95. The van der Waals surface area contributed by atoms with Gasteiger partial charge in [-0.25, -0.2) is 4.39 Å². The van der Waals surface area contributed by atoms with Gasteiger partial charge in [0.25, 0.3) is 0 Å². The third kappa shape index (κ3) is 5.63. The Morgan fingerprint density at radius 1 is 1.05 bits per heavy atom. The zero-order valence-corrected chi connectivity index (χ0v) is 22.9. The topological polar surface area (TPSA) is 68.0 Å². The van der Waals surface area contributed by atoms with Crippen molar-refractivity contribution in [1.82, 2.24) is 4.90 Å². The minimum absolute atomic E-state index is 0.119. The number of anilines is 1. The number of piperazine rings is 1. The molecule has 2 N–H and O–H groups in total. The van der Waals surface area contributed by atoms with E-state index in [1.54, 1.807) is 13.2 Å². The van der Waals surface area contributed by atoms with Crippen LogP contribution in [-0.2, 0) is 4.74 Å². The van der Waals surface area contributed by atoms with Gasteiger partial charge in [-0.15, -0.1) is 0 Å². The van der Waals surface area contributed by atoms with E-state index in [0.717, 1.165) is 52.2 Å². The Kier molecular flexibility index (Phi) is 8.41.